The van der Waals surface area contributed by atoms with Crippen LogP contribution in [0.4, 0.5) is 5.82 Å². The van der Waals surface area contributed by atoms with Crippen LogP contribution in [-0.4, -0.2) is 32.6 Å². The van der Waals surface area contributed by atoms with E-state index >= 15 is 0 Å². The first-order valence-corrected chi connectivity index (χ1v) is 6.13. The van der Waals surface area contributed by atoms with Crippen molar-refractivity contribution >= 4 is 11.5 Å². The molecule has 0 saturated carbocycles. The fourth-order valence-electron chi connectivity index (χ4n) is 2.72. The first-order valence-electron chi connectivity index (χ1n) is 6.13. The first kappa shape index (κ1) is 10.5. The molecular weight excluding hydrogens is 214 g/mol. The normalized spacial score (nSPS) is 21.4. The second kappa shape index (κ2) is 4.00. The lowest BCUT2D eigenvalue weighted by Crippen LogP contribution is -2.22. The van der Waals surface area contributed by atoms with Crippen LogP contribution in [0.2, 0.25) is 0 Å². The maximum Gasteiger partial charge on any atom is 0.162 e. The molecule has 2 aromatic heterocycles. The first-order chi connectivity index (χ1) is 8.31. The van der Waals surface area contributed by atoms with Gasteiger partial charge in [-0.2, -0.15) is 9.61 Å². The summed E-state index contributed by atoms with van der Waals surface area (Å²) in [4.78, 5) is 6.88. The zero-order valence-corrected chi connectivity index (χ0v) is 10.0. The summed E-state index contributed by atoms with van der Waals surface area (Å²) in [5, 5.41) is 4.33. The van der Waals surface area contributed by atoms with Gasteiger partial charge in [-0.25, -0.2) is 4.98 Å². The molecule has 0 radical (unpaired) electrons. The molecule has 1 aliphatic rings. The Bertz CT molecular complexity index is 533. The highest BCUT2D eigenvalue weighted by atomic mass is 15.3. The molecule has 0 aromatic carbocycles. The van der Waals surface area contributed by atoms with Gasteiger partial charge < -0.3 is 5.73 Å². The number of hydrogen-bond acceptors (Lipinski definition) is 4. The van der Waals surface area contributed by atoms with Gasteiger partial charge in [0.25, 0.3) is 0 Å². The molecular formula is C12H17N5. The van der Waals surface area contributed by atoms with Crippen molar-refractivity contribution in [2.45, 2.75) is 25.8 Å². The standard InChI is InChI=1S/C12H17N5/c1-2-16-7-3-4-10(16)9-8-15-17-11(13)5-6-14-12(9)17/h5-6,8,10H,2-4,7,13H2,1H3. The van der Waals surface area contributed by atoms with Crippen molar-refractivity contribution in [1.29, 1.82) is 0 Å². The average Bonchev–Trinajstić information content (AvgIpc) is 2.94. The summed E-state index contributed by atoms with van der Waals surface area (Å²) in [5.41, 5.74) is 7.99. The Balaban J connectivity index is 2.09. The van der Waals surface area contributed by atoms with Gasteiger partial charge in [0.15, 0.2) is 5.65 Å². The van der Waals surface area contributed by atoms with Crippen LogP contribution < -0.4 is 5.73 Å². The van der Waals surface area contributed by atoms with E-state index < -0.39 is 0 Å². The molecule has 1 saturated heterocycles. The lowest BCUT2D eigenvalue weighted by atomic mass is 10.1. The summed E-state index contributed by atoms with van der Waals surface area (Å²) in [5.74, 6) is 0.641. The van der Waals surface area contributed by atoms with E-state index in [9.17, 15) is 0 Å². The van der Waals surface area contributed by atoms with Gasteiger partial charge in [-0.1, -0.05) is 6.92 Å². The van der Waals surface area contributed by atoms with Crippen LogP contribution in [0.3, 0.4) is 0 Å². The van der Waals surface area contributed by atoms with Crippen LogP contribution in [-0.2, 0) is 0 Å². The van der Waals surface area contributed by atoms with E-state index in [0.29, 0.717) is 11.9 Å². The van der Waals surface area contributed by atoms with E-state index in [1.807, 2.05) is 6.20 Å². The fourth-order valence-corrected chi connectivity index (χ4v) is 2.72. The topological polar surface area (TPSA) is 59.5 Å². The van der Waals surface area contributed by atoms with Crippen LogP contribution in [0, 0.1) is 0 Å². The number of likely N-dealkylation sites (tertiary alicyclic amines) is 1. The molecule has 1 atom stereocenters. The van der Waals surface area contributed by atoms with E-state index in [0.717, 1.165) is 12.2 Å². The van der Waals surface area contributed by atoms with E-state index in [-0.39, 0.29) is 0 Å². The molecule has 0 bridgehead atoms. The quantitative estimate of drug-likeness (QED) is 0.850. The SMILES string of the molecule is CCN1CCCC1c1cnn2c(N)ccnc12. The minimum absolute atomic E-state index is 0.451. The third-order valence-corrected chi connectivity index (χ3v) is 3.59. The number of nitrogen functional groups attached to an aromatic ring is 1. The van der Waals surface area contributed by atoms with Crippen LogP contribution in [0.15, 0.2) is 18.5 Å². The highest BCUT2D eigenvalue weighted by molar-refractivity contribution is 5.52. The van der Waals surface area contributed by atoms with Crippen LogP contribution in [0.5, 0.6) is 0 Å². The number of nitrogens with two attached hydrogens (primary N) is 1. The Morgan fingerprint density at radius 2 is 2.41 bits per heavy atom. The number of nitrogens with zero attached hydrogens (tertiary/aromatic N) is 4. The minimum atomic E-state index is 0.451. The predicted octanol–water partition coefficient (Wildman–Crippen LogP) is 1.47. The number of hydrogen-bond donors (Lipinski definition) is 1. The maximum absolute atomic E-state index is 5.88. The van der Waals surface area contributed by atoms with Gasteiger partial charge in [-0.3, -0.25) is 4.90 Å². The molecule has 2 aromatic rings. The Morgan fingerprint density at radius 1 is 1.53 bits per heavy atom. The summed E-state index contributed by atoms with van der Waals surface area (Å²) in [6.07, 6.45) is 6.10. The van der Waals surface area contributed by atoms with Gasteiger partial charge in [-0.15, -0.1) is 0 Å². The van der Waals surface area contributed by atoms with Gasteiger partial charge in [0, 0.05) is 17.8 Å². The summed E-state index contributed by atoms with van der Waals surface area (Å²) in [7, 11) is 0. The van der Waals surface area contributed by atoms with E-state index in [1.165, 1.54) is 24.9 Å². The maximum atomic E-state index is 5.88. The zero-order valence-electron chi connectivity index (χ0n) is 10.0. The van der Waals surface area contributed by atoms with Crippen molar-refractivity contribution in [3.63, 3.8) is 0 Å². The Morgan fingerprint density at radius 3 is 3.24 bits per heavy atom. The molecule has 17 heavy (non-hydrogen) atoms. The lowest BCUT2D eigenvalue weighted by Gasteiger charge is -2.21. The number of aromatic nitrogens is 3. The van der Waals surface area contributed by atoms with Gasteiger partial charge in [0.1, 0.15) is 5.82 Å². The van der Waals surface area contributed by atoms with Crippen LogP contribution in [0.1, 0.15) is 31.4 Å². The van der Waals surface area contributed by atoms with Gasteiger partial charge in [0.05, 0.1) is 6.20 Å². The van der Waals surface area contributed by atoms with Crippen molar-refractivity contribution in [3.8, 4) is 0 Å². The Hall–Kier alpha value is -1.62. The summed E-state index contributed by atoms with van der Waals surface area (Å²) in [6.45, 7) is 4.44. The van der Waals surface area contributed by atoms with E-state index in [1.54, 1.807) is 16.8 Å². The molecule has 1 fully saturated rings. The molecule has 2 N–H and O–H groups in total. The van der Waals surface area contributed by atoms with Gasteiger partial charge in [0.2, 0.25) is 0 Å². The summed E-state index contributed by atoms with van der Waals surface area (Å²) in [6, 6.07) is 2.22. The molecule has 5 heteroatoms. The van der Waals surface area contributed by atoms with Crippen LogP contribution >= 0.6 is 0 Å². The van der Waals surface area contributed by atoms with Crippen molar-refractivity contribution < 1.29 is 0 Å². The Kier molecular flexibility index (Phi) is 2.48. The van der Waals surface area contributed by atoms with Crippen molar-refractivity contribution in [2.24, 2.45) is 0 Å². The second-order valence-electron chi connectivity index (χ2n) is 4.49. The Labute approximate surface area is 100 Å². The second-order valence-corrected chi connectivity index (χ2v) is 4.49. The van der Waals surface area contributed by atoms with Crippen molar-refractivity contribution in [2.75, 3.05) is 18.8 Å². The molecule has 0 amide bonds. The van der Waals surface area contributed by atoms with Gasteiger partial charge in [-0.05, 0) is 32.0 Å². The zero-order chi connectivity index (χ0) is 11.8. The molecule has 90 valence electrons. The largest absolute Gasteiger partial charge is 0.384 e. The fraction of sp³-hybridized carbons (Fsp3) is 0.500. The molecule has 0 spiro atoms. The summed E-state index contributed by atoms with van der Waals surface area (Å²) < 4.78 is 1.72. The predicted molar refractivity (Wildman–Crippen MR) is 66.6 cm³/mol. The van der Waals surface area contributed by atoms with Crippen LogP contribution in [0.25, 0.3) is 5.65 Å². The molecule has 1 unspecified atom stereocenters. The smallest absolute Gasteiger partial charge is 0.162 e. The van der Waals surface area contributed by atoms with E-state index in [4.69, 9.17) is 5.73 Å². The molecule has 3 rings (SSSR count). The third kappa shape index (κ3) is 1.58. The van der Waals surface area contributed by atoms with Crippen molar-refractivity contribution in [3.05, 3.63) is 24.0 Å². The highest BCUT2D eigenvalue weighted by Gasteiger charge is 2.27. The lowest BCUT2D eigenvalue weighted by molar-refractivity contribution is 0.272. The van der Waals surface area contributed by atoms with Gasteiger partial charge >= 0.3 is 0 Å². The molecule has 1 aliphatic heterocycles. The molecule has 0 aliphatic carbocycles. The monoisotopic (exact) mass is 231 g/mol. The number of fused-ring (bicyclic) bond motifs is 1. The number of anilines is 1. The number of rotatable bonds is 2. The average molecular weight is 231 g/mol. The molecule has 3 heterocycles. The third-order valence-electron chi connectivity index (χ3n) is 3.59. The van der Waals surface area contributed by atoms with E-state index in [2.05, 4.69) is 21.9 Å². The molecule has 5 nitrogen and oxygen atoms in total. The van der Waals surface area contributed by atoms with Crippen molar-refractivity contribution in [1.82, 2.24) is 19.5 Å². The minimum Gasteiger partial charge on any atom is -0.384 e. The highest BCUT2D eigenvalue weighted by Crippen LogP contribution is 2.33. The summed E-state index contributed by atoms with van der Waals surface area (Å²) >= 11 is 0.